The fraction of sp³-hybridized carbons (Fsp3) is 0.571. The molecule has 1 saturated carbocycles. The van der Waals surface area contributed by atoms with Gasteiger partial charge in [-0.15, -0.1) is 0 Å². The van der Waals surface area contributed by atoms with Crippen LogP contribution in [-0.4, -0.2) is 61.9 Å². The van der Waals surface area contributed by atoms with Crippen molar-refractivity contribution in [3.63, 3.8) is 0 Å². The number of aryl methyl sites for hydroxylation is 1. The topological polar surface area (TPSA) is 93.9 Å². The van der Waals surface area contributed by atoms with E-state index in [-0.39, 0.29) is 35.3 Å². The molecular formula is C28H36F2N6O3. The van der Waals surface area contributed by atoms with Gasteiger partial charge in [-0.1, -0.05) is 13.8 Å². The maximum absolute atomic E-state index is 15.5. The lowest BCUT2D eigenvalue weighted by Gasteiger charge is -2.26. The van der Waals surface area contributed by atoms with Crippen molar-refractivity contribution < 1.29 is 23.0 Å². The molecular weight excluding hydrogens is 506 g/mol. The number of ether oxygens (including phenoxy) is 2. The second-order valence-electron chi connectivity index (χ2n) is 12.0. The molecule has 9 nitrogen and oxygen atoms in total. The van der Waals surface area contributed by atoms with Crippen molar-refractivity contribution in [1.82, 2.24) is 24.5 Å². The van der Waals surface area contributed by atoms with E-state index in [1.54, 1.807) is 11.8 Å². The molecule has 2 aromatic heterocycles. The van der Waals surface area contributed by atoms with Crippen LogP contribution in [0.15, 0.2) is 18.5 Å². The number of fused-ring (bicyclic) bond motifs is 2. The first-order valence-electron chi connectivity index (χ1n) is 13.4. The van der Waals surface area contributed by atoms with Crippen LogP contribution in [0.1, 0.15) is 47.2 Å². The number of benzene rings is 1. The van der Waals surface area contributed by atoms with E-state index in [1.807, 2.05) is 27.7 Å². The molecule has 1 N–H and O–H groups in total. The summed E-state index contributed by atoms with van der Waals surface area (Å²) in [6.07, 6.45) is 1.06. The summed E-state index contributed by atoms with van der Waals surface area (Å²) < 4.78 is 43.8. The van der Waals surface area contributed by atoms with Crippen LogP contribution in [0.25, 0.3) is 16.9 Å². The molecule has 11 heteroatoms. The monoisotopic (exact) mass is 542 g/mol. The van der Waals surface area contributed by atoms with Crippen molar-refractivity contribution in [3.05, 3.63) is 35.8 Å². The SMILES string of the molecule is Cc1nc2ncnn2c(N[C@H](C)C(C)C)c1-c1c(F)cc(OCC2C3CN(C(=O)OC(C)(C)C)CC23)cc1F. The molecule has 1 amide bonds. The van der Waals surface area contributed by atoms with Crippen molar-refractivity contribution in [2.75, 3.05) is 25.0 Å². The Hall–Kier alpha value is -3.50. The number of carbonyl (C=O) groups is 1. The zero-order chi connectivity index (χ0) is 28.2. The van der Waals surface area contributed by atoms with Crippen LogP contribution in [-0.2, 0) is 4.74 Å². The molecule has 2 fully saturated rings. The number of piperidine rings is 1. The van der Waals surface area contributed by atoms with Gasteiger partial charge < -0.3 is 19.7 Å². The minimum absolute atomic E-state index is 0.00378. The lowest BCUT2D eigenvalue weighted by atomic mass is 10.0. The van der Waals surface area contributed by atoms with E-state index in [2.05, 4.69) is 34.2 Å². The van der Waals surface area contributed by atoms with Gasteiger partial charge >= 0.3 is 6.09 Å². The van der Waals surface area contributed by atoms with E-state index in [0.29, 0.717) is 54.4 Å². The molecule has 3 atom stereocenters. The van der Waals surface area contributed by atoms with Gasteiger partial charge in [0.2, 0.25) is 0 Å². The second-order valence-corrected chi connectivity index (χ2v) is 12.0. The largest absolute Gasteiger partial charge is 0.493 e. The zero-order valence-corrected chi connectivity index (χ0v) is 23.5. The van der Waals surface area contributed by atoms with Crippen LogP contribution in [0.2, 0.25) is 0 Å². The van der Waals surface area contributed by atoms with Crippen LogP contribution in [0.5, 0.6) is 5.75 Å². The molecule has 1 aliphatic heterocycles. The number of rotatable bonds is 7. The van der Waals surface area contributed by atoms with Gasteiger partial charge in [0, 0.05) is 37.2 Å². The minimum Gasteiger partial charge on any atom is -0.493 e. The van der Waals surface area contributed by atoms with Crippen LogP contribution in [0.3, 0.4) is 0 Å². The number of halogens is 2. The number of likely N-dealkylation sites (tertiary alicyclic amines) is 1. The van der Waals surface area contributed by atoms with Crippen molar-refractivity contribution >= 4 is 17.7 Å². The third kappa shape index (κ3) is 5.35. The summed E-state index contributed by atoms with van der Waals surface area (Å²) in [4.78, 5) is 22.6. The first kappa shape index (κ1) is 27.1. The van der Waals surface area contributed by atoms with Crippen LogP contribution >= 0.6 is 0 Å². The highest BCUT2D eigenvalue weighted by atomic mass is 19.1. The smallest absolute Gasteiger partial charge is 0.410 e. The van der Waals surface area contributed by atoms with Gasteiger partial charge in [-0.25, -0.2) is 18.6 Å². The minimum atomic E-state index is -0.748. The predicted molar refractivity (Wildman–Crippen MR) is 143 cm³/mol. The van der Waals surface area contributed by atoms with Crippen molar-refractivity contribution in [1.29, 1.82) is 0 Å². The highest BCUT2D eigenvalue weighted by molar-refractivity contribution is 5.80. The lowest BCUT2D eigenvalue weighted by molar-refractivity contribution is 0.0260. The quantitative estimate of drug-likeness (QED) is 0.432. The van der Waals surface area contributed by atoms with E-state index >= 15 is 8.78 Å². The molecule has 0 bridgehead atoms. The predicted octanol–water partition coefficient (Wildman–Crippen LogP) is 5.33. The summed E-state index contributed by atoms with van der Waals surface area (Å²) in [6.45, 7) is 14.9. The van der Waals surface area contributed by atoms with Crippen molar-refractivity contribution in [2.45, 2.75) is 60.1 Å². The summed E-state index contributed by atoms with van der Waals surface area (Å²) >= 11 is 0. The summed E-state index contributed by atoms with van der Waals surface area (Å²) in [6, 6.07) is 2.42. The van der Waals surface area contributed by atoms with Gasteiger partial charge in [0.1, 0.15) is 35.1 Å². The second kappa shape index (κ2) is 9.91. The molecule has 2 aliphatic rings. The van der Waals surface area contributed by atoms with Crippen molar-refractivity contribution in [3.8, 4) is 16.9 Å². The van der Waals surface area contributed by atoms with Gasteiger partial charge in [-0.3, -0.25) is 0 Å². The number of hydrogen-bond acceptors (Lipinski definition) is 7. The Morgan fingerprint density at radius 3 is 2.36 bits per heavy atom. The Kier molecular flexibility index (Phi) is 6.88. The summed E-state index contributed by atoms with van der Waals surface area (Å²) in [7, 11) is 0. The number of carbonyl (C=O) groups excluding carboxylic acids is 1. The molecule has 210 valence electrons. The molecule has 1 saturated heterocycles. The van der Waals surface area contributed by atoms with Gasteiger partial charge in [0.15, 0.2) is 0 Å². The molecule has 3 aromatic rings. The summed E-state index contributed by atoms with van der Waals surface area (Å²) in [5.74, 6) is 0.525. The number of nitrogens with zero attached hydrogens (tertiary/aromatic N) is 5. The van der Waals surface area contributed by atoms with Crippen LogP contribution in [0.4, 0.5) is 19.4 Å². The van der Waals surface area contributed by atoms with Gasteiger partial charge in [0.25, 0.3) is 5.78 Å². The summed E-state index contributed by atoms with van der Waals surface area (Å²) in [5.41, 5.74) is -0.00693. The third-order valence-corrected chi connectivity index (χ3v) is 7.70. The third-order valence-electron chi connectivity index (χ3n) is 7.70. The fourth-order valence-electron chi connectivity index (χ4n) is 5.20. The van der Waals surface area contributed by atoms with Crippen molar-refractivity contribution in [2.24, 2.45) is 23.7 Å². The maximum Gasteiger partial charge on any atom is 0.410 e. The number of nitrogens with one attached hydrogen (secondary N) is 1. The molecule has 1 aromatic carbocycles. The highest BCUT2D eigenvalue weighted by Gasteiger charge is 2.57. The fourth-order valence-corrected chi connectivity index (χ4v) is 5.20. The number of hydrogen-bond donors (Lipinski definition) is 1. The number of anilines is 1. The van der Waals surface area contributed by atoms with E-state index in [9.17, 15) is 4.79 Å². The standard InChI is InChI=1S/C28H36F2N6O3/c1-14(2)15(3)33-25-23(16(4)34-26-31-13-32-36(25)26)24-21(29)8-17(9-22(24)30)38-12-20-18-10-35(11-19(18)20)27(37)39-28(5,6)7/h8-9,13-15,18-20,33H,10-12H2,1-7H3/t15-,18?,19?,20?/m1/s1. The average Bonchev–Trinajstić information content (AvgIpc) is 3.16. The molecule has 3 heterocycles. The van der Waals surface area contributed by atoms with Crippen LogP contribution in [0, 0.1) is 42.2 Å². The summed E-state index contributed by atoms with van der Waals surface area (Å²) in [5, 5.41) is 7.59. The van der Waals surface area contributed by atoms with Gasteiger partial charge in [-0.2, -0.15) is 14.6 Å². The average molecular weight is 543 g/mol. The zero-order valence-electron chi connectivity index (χ0n) is 23.5. The Balaban J connectivity index is 1.32. The molecule has 1 aliphatic carbocycles. The normalized spacial score (nSPS) is 21.3. The molecule has 0 spiro atoms. The Labute approximate surface area is 226 Å². The Morgan fingerprint density at radius 1 is 1.13 bits per heavy atom. The molecule has 2 unspecified atom stereocenters. The molecule has 5 rings (SSSR count). The maximum atomic E-state index is 15.5. The van der Waals surface area contributed by atoms with E-state index in [0.717, 1.165) is 0 Å². The molecule has 39 heavy (non-hydrogen) atoms. The molecule has 0 radical (unpaired) electrons. The van der Waals surface area contributed by atoms with Gasteiger partial charge in [0.05, 0.1) is 23.4 Å². The van der Waals surface area contributed by atoms with Crippen LogP contribution < -0.4 is 10.1 Å². The first-order valence-corrected chi connectivity index (χ1v) is 13.4. The lowest BCUT2D eigenvalue weighted by Crippen LogP contribution is -2.37. The van der Waals surface area contributed by atoms with Gasteiger partial charge in [-0.05, 0) is 52.4 Å². The Bertz CT molecular complexity index is 1370. The number of aromatic nitrogens is 4. The Morgan fingerprint density at radius 2 is 1.77 bits per heavy atom. The van der Waals surface area contributed by atoms with E-state index < -0.39 is 17.2 Å². The van der Waals surface area contributed by atoms with E-state index in [4.69, 9.17) is 9.47 Å². The number of amides is 1. The van der Waals surface area contributed by atoms with E-state index in [1.165, 1.54) is 23.0 Å². The highest BCUT2D eigenvalue weighted by Crippen LogP contribution is 2.52. The first-order chi connectivity index (χ1) is 18.3.